The maximum Gasteiger partial charge on any atom is 0.509 e. The van der Waals surface area contributed by atoms with Gasteiger partial charge in [-0.05, 0) is 68.4 Å². The molecule has 2 heterocycles. The van der Waals surface area contributed by atoms with Crippen LogP contribution in [-0.2, 0) is 18.9 Å². The number of thioether (sulfide) groups is 1. The molecule has 0 spiro atoms. The highest BCUT2D eigenvalue weighted by Crippen LogP contribution is 2.44. The molecule has 0 bridgehead atoms. The first kappa shape index (κ1) is 31.3. The number of aromatic nitrogens is 2. The zero-order valence-corrected chi connectivity index (χ0v) is 23.8. The fourth-order valence-electron chi connectivity index (χ4n) is 3.19. The molecule has 1 aliphatic rings. The standard InChI is InChI=1S/C24H36FN3O9S/c1-22(2,3)35-19(31)28(20(32)36-23(4,5)6)14-10-11-27(18(30)26-14)17-15(25)16(13(12-29)38-17)34-21(33)37-24(7,8)9/h10-11,13,15-17,29H,12H2,1-9H3/t13-,15+,16-,17-/m1/s1. The van der Waals surface area contributed by atoms with Crippen molar-refractivity contribution in [2.45, 2.75) is 102 Å². The molecule has 14 heteroatoms. The molecule has 1 aromatic rings. The van der Waals surface area contributed by atoms with Crippen molar-refractivity contribution in [3.63, 3.8) is 0 Å². The number of imide groups is 1. The Balaban J connectivity index is 2.37. The molecule has 1 aliphatic heterocycles. The topological polar surface area (TPSA) is 146 Å². The van der Waals surface area contributed by atoms with Gasteiger partial charge in [0.2, 0.25) is 0 Å². The van der Waals surface area contributed by atoms with E-state index in [4.69, 9.17) is 18.9 Å². The fourth-order valence-corrected chi connectivity index (χ4v) is 4.59. The highest BCUT2D eigenvalue weighted by Gasteiger charge is 2.49. The molecule has 4 atom stereocenters. The van der Waals surface area contributed by atoms with E-state index >= 15 is 4.39 Å². The highest BCUT2D eigenvalue weighted by molar-refractivity contribution is 8.00. The second-order valence-electron chi connectivity index (χ2n) is 11.5. The van der Waals surface area contributed by atoms with Crippen molar-refractivity contribution < 1.29 is 42.8 Å². The maximum absolute atomic E-state index is 15.4. The number of hydrogen-bond donors (Lipinski definition) is 1. The number of amides is 2. The van der Waals surface area contributed by atoms with Gasteiger partial charge in [-0.15, -0.1) is 11.8 Å². The largest absolute Gasteiger partial charge is 0.509 e. The molecule has 214 valence electrons. The van der Waals surface area contributed by atoms with Gasteiger partial charge in [-0.25, -0.2) is 23.6 Å². The summed E-state index contributed by atoms with van der Waals surface area (Å²) >= 11 is 0.865. The Kier molecular flexibility index (Phi) is 9.47. The first-order valence-corrected chi connectivity index (χ1v) is 12.8. The quantitative estimate of drug-likeness (QED) is 0.417. The van der Waals surface area contributed by atoms with Gasteiger partial charge in [-0.1, -0.05) is 0 Å². The summed E-state index contributed by atoms with van der Waals surface area (Å²) in [6.45, 7) is 13.9. The molecule has 1 saturated heterocycles. The lowest BCUT2D eigenvalue weighted by Gasteiger charge is -2.28. The first-order valence-electron chi connectivity index (χ1n) is 11.9. The van der Waals surface area contributed by atoms with E-state index in [0.717, 1.165) is 28.6 Å². The van der Waals surface area contributed by atoms with E-state index in [0.29, 0.717) is 4.90 Å². The molecule has 0 radical (unpaired) electrons. The minimum atomic E-state index is -1.91. The number of halogens is 1. The van der Waals surface area contributed by atoms with Crippen LogP contribution in [0.15, 0.2) is 17.1 Å². The van der Waals surface area contributed by atoms with Gasteiger partial charge >= 0.3 is 24.0 Å². The van der Waals surface area contributed by atoms with Crippen LogP contribution in [0.2, 0.25) is 0 Å². The number of ether oxygens (including phenoxy) is 4. The second-order valence-corrected chi connectivity index (χ2v) is 12.9. The third-order valence-corrected chi connectivity index (χ3v) is 6.07. The predicted molar refractivity (Wildman–Crippen MR) is 137 cm³/mol. The molecule has 0 aromatic carbocycles. The van der Waals surface area contributed by atoms with E-state index in [2.05, 4.69) is 4.98 Å². The van der Waals surface area contributed by atoms with Crippen molar-refractivity contribution in [3.05, 3.63) is 22.7 Å². The van der Waals surface area contributed by atoms with Crippen LogP contribution in [0.5, 0.6) is 0 Å². The van der Waals surface area contributed by atoms with Gasteiger partial charge in [0.15, 0.2) is 18.1 Å². The van der Waals surface area contributed by atoms with E-state index < -0.39 is 76.2 Å². The van der Waals surface area contributed by atoms with E-state index in [-0.39, 0.29) is 0 Å². The summed E-state index contributed by atoms with van der Waals surface area (Å²) in [6, 6.07) is 1.15. The number of carbonyl (C=O) groups excluding carboxylic acids is 3. The van der Waals surface area contributed by atoms with Crippen LogP contribution in [0, 0.1) is 0 Å². The number of hydrogen-bond acceptors (Lipinski definition) is 11. The van der Waals surface area contributed by atoms with Gasteiger partial charge in [-0.2, -0.15) is 9.88 Å². The predicted octanol–water partition coefficient (Wildman–Crippen LogP) is 4.18. The Hall–Kier alpha value is -2.87. The van der Waals surface area contributed by atoms with Crippen LogP contribution in [-0.4, -0.2) is 73.9 Å². The molecule has 0 aliphatic carbocycles. The Morgan fingerprint density at radius 2 is 1.50 bits per heavy atom. The normalized spacial score (nSPS) is 22.0. The summed E-state index contributed by atoms with van der Waals surface area (Å²) in [5, 5.41) is 7.60. The van der Waals surface area contributed by atoms with Gasteiger partial charge in [0.1, 0.15) is 22.2 Å². The van der Waals surface area contributed by atoms with Gasteiger partial charge in [-0.3, -0.25) is 4.57 Å². The van der Waals surface area contributed by atoms with E-state index in [1.165, 1.54) is 0 Å². The van der Waals surface area contributed by atoms with Crippen molar-refractivity contribution in [3.8, 4) is 0 Å². The minimum Gasteiger partial charge on any atom is -0.443 e. The number of aliphatic hydroxyl groups is 1. The number of aliphatic hydroxyl groups excluding tert-OH is 1. The summed E-state index contributed by atoms with van der Waals surface area (Å²) in [6.07, 6.45) is -5.54. The average molecular weight is 562 g/mol. The van der Waals surface area contributed by atoms with Crippen molar-refractivity contribution in [1.29, 1.82) is 0 Å². The zero-order chi connectivity index (χ0) is 29.2. The summed E-state index contributed by atoms with van der Waals surface area (Å²) in [5.74, 6) is -0.395. The minimum absolute atomic E-state index is 0.395. The monoisotopic (exact) mass is 561 g/mol. The van der Waals surface area contributed by atoms with Crippen LogP contribution < -0.4 is 10.6 Å². The number of rotatable bonds is 4. The Labute approximate surface area is 224 Å². The van der Waals surface area contributed by atoms with Crippen molar-refractivity contribution in [2.24, 2.45) is 0 Å². The number of nitrogens with zero attached hydrogens (tertiary/aromatic N) is 3. The zero-order valence-electron chi connectivity index (χ0n) is 23.0. The average Bonchev–Trinajstić information content (AvgIpc) is 2.99. The van der Waals surface area contributed by atoms with Crippen molar-refractivity contribution >= 4 is 35.9 Å². The molecule has 2 amide bonds. The summed E-state index contributed by atoms with van der Waals surface area (Å²) in [4.78, 5) is 55.0. The Morgan fingerprint density at radius 1 is 1.00 bits per heavy atom. The van der Waals surface area contributed by atoms with Crippen molar-refractivity contribution in [1.82, 2.24) is 9.55 Å². The molecule has 1 fully saturated rings. The first-order chi connectivity index (χ1) is 17.2. The number of alkyl halides is 1. The van der Waals surface area contributed by atoms with Crippen LogP contribution >= 0.6 is 11.8 Å². The lowest BCUT2D eigenvalue weighted by atomic mass is 10.1. The lowest BCUT2D eigenvalue weighted by Crippen LogP contribution is -2.45. The summed E-state index contributed by atoms with van der Waals surface area (Å²) < 4.78 is 37.1. The number of carbonyl (C=O) groups is 3. The Bertz CT molecular complexity index is 1060. The van der Waals surface area contributed by atoms with Gasteiger partial charge in [0, 0.05) is 6.20 Å². The van der Waals surface area contributed by atoms with E-state index in [1.54, 1.807) is 62.3 Å². The molecule has 1 N–H and O–H groups in total. The molecular weight excluding hydrogens is 525 g/mol. The maximum atomic E-state index is 15.4. The second kappa shape index (κ2) is 11.5. The number of anilines is 1. The fraction of sp³-hybridized carbons (Fsp3) is 0.708. The Morgan fingerprint density at radius 3 is 1.92 bits per heavy atom. The van der Waals surface area contributed by atoms with E-state index in [9.17, 15) is 24.3 Å². The third-order valence-electron chi connectivity index (χ3n) is 4.54. The van der Waals surface area contributed by atoms with Crippen LogP contribution in [0.1, 0.15) is 67.7 Å². The summed E-state index contributed by atoms with van der Waals surface area (Å²) in [5.41, 5.74) is -3.84. The molecule has 0 unspecified atom stereocenters. The van der Waals surface area contributed by atoms with Crippen LogP contribution in [0.25, 0.3) is 0 Å². The third kappa shape index (κ3) is 8.58. The lowest BCUT2D eigenvalue weighted by molar-refractivity contribution is -0.0460. The SMILES string of the molecule is CC(C)(C)OC(=O)O[C@H]1[C@H](F)[C@H](n2ccc(N(C(=O)OC(C)(C)C)C(=O)OC(C)(C)C)nc2=O)S[C@@H]1CO. The summed E-state index contributed by atoms with van der Waals surface area (Å²) in [7, 11) is 0. The molecular formula is C24H36FN3O9S. The molecule has 0 saturated carbocycles. The molecule has 38 heavy (non-hydrogen) atoms. The van der Waals surface area contributed by atoms with Gasteiger partial charge < -0.3 is 24.1 Å². The van der Waals surface area contributed by atoms with Crippen molar-refractivity contribution in [2.75, 3.05) is 11.5 Å². The molecule has 2 rings (SSSR count). The van der Waals surface area contributed by atoms with Crippen LogP contribution in [0.4, 0.5) is 24.6 Å². The van der Waals surface area contributed by atoms with E-state index in [1.807, 2.05) is 0 Å². The molecule has 12 nitrogen and oxygen atoms in total. The molecule has 1 aromatic heterocycles. The van der Waals surface area contributed by atoms with Gasteiger partial charge in [0.05, 0.1) is 11.9 Å². The smallest absolute Gasteiger partial charge is 0.443 e. The van der Waals surface area contributed by atoms with Gasteiger partial charge in [0.25, 0.3) is 0 Å². The van der Waals surface area contributed by atoms with Crippen LogP contribution in [0.3, 0.4) is 0 Å². The highest BCUT2D eigenvalue weighted by atomic mass is 32.2.